The molecular formula is C14H24N2. The molecule has 0 spiro atoms. The van der Waals surface area contributed by atoms with Crippen LogP contribution < -0.4 is 5.32 Å². The van der Waals surface area contributed by atoms with Crippen LogP contribution in [0.5, 0.6) is 0 Å². The lowest BCUT2D eigenvalue weighted by Crippen LogP contribution is -2.15. The smallest absolute Gasteiger partial charge is 0.0223 e. The van der Waals surface area contributed by atoms with Crippen molar-refractivity contribution in [1.29, 1.82) is 0 Å². The van der Waals surface area contributed by atoms with Crippen molar-refractivity contribution < 1.29 is 0 Å². The topological polar surface area (TPSA) is 17.0 Å². The van der Waals surface area contributed by atoms with Gasteiger partial charge in [0.2, 0.25) is 0 Å². The van der Waals surface area contributed by atoms with Crippen molar-refractivity contribution in [3.05, 3.63) is 23.0 Å². The monoisotopic (exact) mass is 220 g/mol. The summed E-state index contributed by atoms with van der Waals surface area (Å²) in [4.78, 5) is 0. The Bertz CT molecular complexity index is 348. The van der Waals surface area contributed by atoms with Gasteiger partial charge in [-0.15, -0.1) is 0 Å². The molecule has 16 heavy (non-hydrogen) atoms. The van der Waals surface area contributed by atoms with Crippen LogP contribution in [0.2, 0.25) is 0 Å². The third kappa shape index (κ3) is 2.88. The van der Waals surface area contributed by atoms with Crippen molar-refractivity contribution in [3.8, 4) is 0 Å². The Hall–Kier alpha value is -0.760. The number of hydrogen-bond donors (Lipinski definition) is 1. The van der Waals surface area contributed by atoms with Gasteiger partial charge in [0.1, 0.15) is 0 Å². The van der Waals surface area contributed by atoms with Gasteiger partial charge in [0.15, 0.2) is 0 Å². The second-order valence-corrected chi connectivity index (χ2v) is 5.22. The molecule has 2 nitrogen and oxygen atoms in total. The number of nitrogens with zero attached hydrogens (tertiary/aromatic N) is 1. The fourth-order valence-corrected chi connectivity index (χ4v) is 2.26. The summed E-state index contributed by atoms with van der Waals surface area (Å²) in [6.45, 7) is 6.57. The molecule has 0 radical (unpaired) electrons. The van der Waals surface area contributed by atoms with E-state index in [2.05, 4.69) is 36.8 Å². The van der Waals surface area contributed by atoms with E-state index >= 15 is 0 Å². The molecule has 1 saturated carbocycles. The SMILES string of the molecule is Cc1cc(CNCCCC2CC2)c(C)n1C. The fourth-order valence-electron chi connectivity index (χ4n) is 2.26. The van der Waals surface area contributed by atoms with E-state index in [9.17, 15) is 0 Å². The Kier molecular flexibility index (Phi) is 3.70. The summed E-state index contributed by atoms with van der Waals surface area (Å²) < 4.78 is 2.27. The van der Waals surface area contributed by atoms with Gasteiger partial charge in [0.05, 0.1) is 0 Å². The van der Waals surface area contributed by atoms with E-state index in [0.29, 0.717) is 0 Å². The number of rotatable bonds is 6. The lowest BCUT2D eigenvalue weighted by atomic mass is 10.2. The minimum atomic E-state index is 1.03. The maximum Gasteiger partial charge on any atom is 0.0223 e. The van der Waals surface area contributed by atoms with E-state index in [-0.39, 0.29) is 0 Å². The number of aromatic nitrogens is 1. The zero-order valence-electron chi connectivity index (χ0n) is 10.8. The molecular weight excluding hydrogens is 196 g/mol. The highest BCUT2D eigenvalue weighted by atomic mass is 15.0. The lowest BCUT2D eigenvalue weighted by Gasteiger charge is -2.05. The Morgan fingerprint density at radius 2 is 2.12 bits per heavy atom. The predicted octanol–water partition coefficient (Wildman–Crippen LogP) is 2.92. The zero-order chi connectivity index (χ0) is 11.5. The van der Waals surface area contributed by atoms with Crippen LogP contribution in [0.3, 0.4) is 0 Å². The maximum absolute atomic E-state index is 3.55. The van der Waals surface area contributed by atoms with Gasteiger partial charge in [-0.25, -0.2) is 0 Å². The average Bonchev–Trinajstić information content (AvgIpc) is 3.04. The second-order valence-electron chi connectivity index (χ2n) is 5.22. The van der Waals surface area contributed by atoms with Crippen molar-refractivity contribution in [2.75, 3.05) is 6.54 Å². The molecule has 0 aromatic carbocycles. The van der Waals surface area contributed by atoms with Gasteiger partial charge in [-0.2, -0.15) is 0 Å². The molecule has 0 atom stereocenters. The minimum Gasteiger partial charge on any atom is -0.352 e. The molecule has 0 amide bonds. The van der Waals surface area contributed by atoms with Crippen LogP contribution >= 0.6 is 0 Å². The lowest BCUT2D eigenvalue weighted by molar-refractivity contribution is 0.592. The first-order valence-electron chi connectivity index (χ1n) is 6.51. The summed E-state index contributed by atoms with van der Waals surface area (Å²) in [5.74, 6) is 1.07. The van der Waals surface area contributed by atoms with Crippen molar-refractivity contribution >= 4 is 0 Å². The maximum atomic E-state index is 3.55. The molecule has 2 heteroatoms. The summed E-state index contributed by atoms with van der Waals surface area (Å²) in [5.41, 5.74) is 4.20. The van der Waals surface area contributed by atoms with Crippen LogP contribution in [-0.2, 0) is 13.6 Å². The predicted molar refractivity (Wildman–Crippen MR) is 68.6 cm³/mol. The Morgan fingerprint density at radius 3 is 2.69 bits per heavy atom. The second kappa shape index (κ2) is 5.05. The van der Waals surface area contributed by atoms with Gasteiger partial charge in [-0.3, -0.25) is 0 Å². The van der Waals surface area contributed by atoms with E-state index < -0.39 is 0 Å². The molecule has 1 fully saturated rings. The molecule has 1 aromatic rings. The van der Waals surface area contributed by atoms with Crippen LogP contribution in [0.15, 0.2) is 6.07 Å². The highest BCUT2D eigenvalue weighted by Gasteiger charge is 2.19. The van der Waals surface area contributed by atoms with Crippen LogP contribution in [0.25, 0.3) is 0 Å². The van der Waals surface area contributed by atoms with Crippen molar-refractivity contribution in [2.24, 2.45) is 13.0 Å². The average molecular weight is 220 g/mol. The third-order valence-electron chi connectivity index (χ3n) is 3.86. The Morgan fingerprint density at radius 1 is 1.38 bits per heavy atom. The molecule has 0 aliphatic heterocycles. The highest BCUT2D eigenvalue weighted by molar-refractivity contribution is 5.26. The number of nitrogens with one attached hydrogen (secondary N) is 1. The fraction of sp³-hybridized carbons (Fsp3) is 0.714. The van der Waals surface area contributed by atoms with Crippen LogP contribution in [-0.4, -0.2) is 11.1 Å². The molecule has 0 bridgehead atoms. The van der Waals surface area contributed by atoms with E-state index in [1.54, 1.807) is 0 Å². The normalized spacial score (nSPS) is 15.7. The molecule has 1 aromatic heterocycles. The van der Waals surface area contributed by atoms with Crippen LogP contribution in [0, 0.1) is 19.8 Å². The van der Waals surface area contributed by atoms with Crippen LogP contribution in [0.4, 0.5) is 0 Å². The quantitative estimate of drug-likeness (QED) is 0.729. The Balaban J connectivity index is 1.69. The van der Waals surface area contributed by atoms with Gasteiger partial charge in [-0.05, 0) is 50.8 Å². The molecule has 90 valence electrons. The van der Waals surface area contributed by atoms with Crippen molar-refractivity contribution in [1.82, 2.24) is 9.88 Å². The van der Waals surface area contributed by atoms with Crippen molar-refractivity contribution in [3.63, 3.8) is 0 Å². The summed E-state index contributed by atoms with van der Waals surface area (Å²) in [6.07, 6.45) is 5.74. The first kappa shape index (κ1) is 11.7. The van der Waals surface area contributed by atoms with Crippen LogP contribution in [0.1, 0.15) is 42.6 Å². The van der Waals surface area contributed by atoms with Gasteiger partial charge >= 0.3 is 0 Å². The van der Waals surface area contributed by atoms with Gasteiger partial charge < -0.3 is 9.88 Å². The first-order chi connectivity index (χ1) is 7.68. The largest absolute Gasteiger partial charge is 0.352 e. The van der Waals surface area contributed by atoms with Crippen molar-refractivity contribution in [2.45, 2.75) is 46.1 Å². The molecule has 1 N–H and O–H groups in total. The minimum absolute atomic E-state index is 1.03. The standard InChI is InChI=1S/C14H24N2/c1-11-9-14(12(2)16(11)3)10-15-8-4-5-13-6-7-13/h9,13,15H,4-8,10H2,1-3H3. The summed E-state index contributed by atoms with van der Waals surface area (Å²) >= 11 is 0. The summed E-state index contributed by atoms with van der Waals surface area (Å²) in [5, 5.41) is 3.55. The number of aryl methyl sites for hydroxylation is 1. The zero-order valence-corrected chi connectivity index (χ0v) is 10.8. The summed E-state index contributed by atoms with van der Waals surface area (Å²) in [7, 11) is 2.14. The molecule has 0 saturated heterocycles. The molecule has 1 aliphatic carbocycles. The van der Waals surface area contributed by atoms with Gasteiger partial charge in [0, 0.05) is 25.0 Å². The van der Waals surface area contributed by atoms with E-state index in [4.69, 9.17) is 0 Å². The Labute approximate surface area is 99.0 Å². The molecule has 1 heterocycles. The third-order valence-corrected chi connectivity index (χ3v) is 3.86. The first-order valence-corrected chi connectivity index (χ1v) is 6.51. The van der Waals surface area contributed by atoms with E-state index in [1.807, 2.05) is 0 Å². The van der Waals surface area contributed by atoms with E-state index in [0.717, 1.165) is 12.5 Å². The number of hydrogen-bond acceptors (Lipinski definition) is 1. The van der Waals surface area contributed by atoms with Gasteiger partial charge in [-0.1, -0.05) is 12.8 Å². The molecule has 1 aliphatic rings. The van der Waals surface area contributed by atoms with E-state index in [1.165, 1.54) is 49.2 Å². The molecule has 0 unspecified atom stereocenters. The van der Waals surface area contributed by atoms with Gasteiger partial charge in [0.25, 0.3) is 0 Å². The highest BCUT2D eigenvalue weighted by Crippen LogP contribution is 2.33. The molecule has 2 rings (SSSR count). The summed E-state index contributed by atoms with van der Waals surface area (Å²) in [6, 6.07) is 2.29.